The molecule has 0 aliphatic heterocycles. The van der Waals surface area contributed by atoms with Gasteiger partial charge in [0.1, 0.15) is 6.29 Å². The smallest absolute Gasteiger partial charge is 0.303 e. The average Bonchev–Trinajstić information content (AvgIpc) is 1.96. The zero-order valence-corrected chi connectivity index (χ0v) is 10.2. The summed E-state index contributed by atoms with van der Waals surface area (Å²) in [5.41, 5.74) is 0.787. The highest BCUT2D eigenvalue weighted by molar-refractivity contribution is 7.45. The molecule has 0 radical (unpaired) electrons. The summed E-state index contributed by atoms with van der Waals surface area (Å²) in [7, 11) is -9.28. The van der Waals surface area contributed by atoms with Crippen LogP contribution in [0.25, 0.3) is 0 Å². The second kappa shape index (κ2) is 9.83. The zero-order chi connectivity index (χ0) is 14.0. The van der Waals surface area contributed by atoms with E-state index in [1.807, 2.05) is 6.92 Å². The van der Waals surface area contributed by atoms with Gasteiger partial charge in [-0.1, -0.05) is 6.08 Å². The molecule has 0 unspecified atom stereocenters. The Labute approximate surface area is 91.5 Å². The minimum absolute atomic E-state index is 0.787. The van der Waals surface area contributed by atoms with Gasteiger partial charge in [0.25, 0.3) is 0 Å². The molecule has 0 aromatic rings. The van der Waals surface area contributed by atoms with Gasteiger partial charge in [-0.2, -0.15) is 0 Å². The lowest BCUT2D eigenvalue weighted by Gasteiger charge is -1.82. The highest BCUT2D eigenvalue weighted by Crippen LogP contribution is 2.26. The second-order valence-corrected chi connectivity index (χ2v) is 4.23. The molecular weight excluding hydrogens is 266 g/mol. The van der Waals surface area contributed by atoms with Crippen molar-refractivity contribution < 1.29 is 43.3 Å². The van der Waals surface area contributed by atoms with Crippen LogP contribution in [0.3, 0.4) is 0 Å². The predicted molar refractivity (Wildman–Crippen MR) is 54.0 cm³/mol. The average molecular weight is 280 g/mol. The van der Waals surface area contributed by atoms with Crippen molar-refractivity contribution in [1.82, 2.24) is 0 Å². The molecule has 0 aromatic carbocycles. The third kappa shape index (κ3) is 165. The van der Waals surface area contributed by atoms with Crippen molar-refractivity contribution in [2.45, 2.75) is 13.8 Å². The first-order valence-electron chi connectivity index (χ1n) is 3.46. The Kier molecular flexibility index (Phi) is 12.9. The van der Waals surface area contributed by atoms with E-state index in [1.165, 1.54) is 0 Å². The molecule has 0 saturated heterocycles. The first-order valence-corrected chi connectivity index (χ1v) is 6.59. The predicted octanol–water partition coefficient (Wildman–Crippen LogP) is -0.706. The van der Waals surface area contributed by atoms with Crippen molar-refractivity contribution in [3.63, 3.8) is 0 Å². The molecule has 0 aromatic heterocycles. The Morgan fingerprint density at radius 2 is 1.12 bits per heavy atom. The SMILES string of the molecule is CC=C(C)C=O.O=P(O)(O)O.O=P(O)(O)O. The Bertz CT molecular complexity index is 260. The lowest BCUT2D eigenvalue weighted by Crippen LogP contribution is -1.69. The molecule has 0 saturated carbocycles. The largest absolute Gasteiger partial charge is 0.466 e. The summed E-state index contributed by atoms with van der Waals surface area (Å²) in [4.78, 5) is 52.8. The van der Waals surface area contributed by atoms with Crippen molar-refractivity contribution in [2.75, 3.05) is 0 Å². The van der Waals surface area contributed by atoms with Gasteiger partial charge >= 0.3 is 15.6 Å². The molecule has 98 valence electrons. The third-order valence-electron chi connectivity index (χ3n) is 0.641. The summed E-state index contributed by atoms with van der Waals surface area (Å²) in [6, 6.07) is 0. The van der Waals surface area contributed by atoms with Crippen LogP contribution >= 0.6 is 15.6 Å². The van der Waals surface area contributed by atoms with E-state index >= 15 is 0 Å². The molecule has 9 nitrogen and oxygen atoms in total. The zero-order valence-electron chi connectivity index (χ0n) is 8.46. The Morgan fingerprint density at radius 1 is 0.938 bits per heavy atom. The van der Waals surface area contributed by atoms with Crippen LogP contribution in [0, 0.1) is 0 Å². The van der Waals surface area contributed by atoms with E-state index in [0.29, 0.717) is 0 Å². The van der Waals surface area contributed by atoms with E-state index in [4.69, 9.17) is 38.5 Å². The number of rotatable bonds is 1. The molecule has 0 bridgehead atoms. The summed E-state index contributed by atoms with van der Waals surface area (Å²) in [5, 5.41) is 0. The van der Waals surface area contributed by atoms with Gasteiger partial charge in [0.2, 0.25) is 0 Å². The second-order valence-electron chi connectivity index (χ2n) is 2.18. The molecule has 0 aliphatic rings. The van der Waals surface area contributed by atoms with Crippen LogP contribution < -0.4 is 0 Å². The number of hydrogen-bond acceptors (Lipinski definition) is 3. The molecule has 11 heteroatoms. The van der Waals surface area contributed by atoms with Gasteiger partial charge in [0.05, 0.1) is 0 Å². The van der Waals surface area contributed by atoms with E-state index in [9.17, 15) is 4.79 Å². The fourth-order valence-corrected chi connectivity index (χ4v) is 0.0680. The third-order valence-corrected chi connectivity index (χ3v) is 0.641. The number of hydrogen-bond donors (Lipinski definition) is 6. The van der Waals surface area contributed by atoms with Gasteiger partial charge in [-0.15, -0.1) is 0 Å². The summed E-state index contributed by atoms with van der Waals surface area (Å²) < 4.78 is 17.8. The maximum Gasteiger partial charge on any atom is 0.466 e. The van der Waals surface area contributed by atoms with Crippen molar-refractivity contribution in [2.24, 2.45) is 0 Å². The first-order chi connectivity index (χ1) is 6.81. The summed E-state index contributed by atoms with van der Waals surface area (Å²) in [5.74, 6) is 0. The lowest BCUT2D eigenvalue weighted by atomic mass is 10.3. The molecular formula is C5H14O9P2. The van der Waals surface area contributed by atoms with Gasteiger partial charge in [-0.25, -0.2) is 9.13 Å². The number of allylic oxidation sites excluding steroid dienone is 2. The highest BCUT2D eigenvalue weighted by Gasteiger charge is 2.00. The van der Waals surface area contributed by atoms with Gasteiger partial charge in [0, 0.05) is 0 Å². The van der Waals surface area contributed by atoms with Gasteiger partial charge in [-0.3, -0.25) is 4.79 Å². The van der Waals surface area contributed by atoms with Crippen LogP contribution in [0.1, 0.15) is 13.8 Å². The minimum atomic E-state index is -4.64. The van der Waals surface area contributed by atoms with Crippen LogP contribution in [0.4, 0.5) is 0 Å². The van der Waals surface area contributed by atoms with Crippen molar-refractivity contribution in [3.8, 4) is 0 Å². The van der Waals surface area contributed by atoms with Gasteiger partial charge < -0.3 is 29.4 Å². The molecule has 6 N–H and O–H groups in total. The summed E-state index contributed by atoms with van der Waals surface area (Å²) >= 11 is 0. The van der Waals surface area contributed by atoms with E-state index in [1.54, 1.807) is 13.0 Å². The number of phosphoric acid groups is 2. The highest BCUT2D eigenvalue weighted by atomic mass is 31.2. The Balaban J connectivity index is -0.000000160. The Hall–Kier alpha value is -0.370. The summed E-state index contributed by atoms with van der Waals surface area (Å²) in [6.45, 7) is 3.61. The normalized spacial score (nSPS) is 11.6. The lowest BCUT2D eigenvalue weighted by molar-refractivity contribution is -0.104. The number of aldehydes is 1. The van der Waals surface area contributed by atoms with Gasteiger partial charge in [-0.05, 0) is 19.4 Å². The molecule has 0 aliphatic carbocycles. The monoisotopic (exact) mass is 280 g/mol. The summed E-state index contributed by atoms with van der Waals surface area (Å²) in [6.07, 6.45) is 2.60. The topological polar surface area (TPSA) is 173 Å². The fraction of sp³-hybridized carbons (Fsp3) is 0.400. The molecule has 0 fully saturated rings. The van der Waals surface area contributed by atoms with Crippen LogP contribution in [-0.4, -0.2) is 35.6 Å². The molecule has 0 atom stereocenters. The van der Waals surface area contributed by atoms with E-state index in [0.717, 1.165) is 11.9 Å². The molecule has 16 heavy (non-hydrogen) atoms. The first kappa shape index (κ1) is 21.0. The number of carbonyl (C=O) groups excluding carboxylic acids is 1. The van der Waals surface area contributed by atoms with Crippen LogP contribution in [0.15, 0.2) is 11.6 Å². The molecule has 0 amide bonds. The van der Waals surface area contributed by atoms with E-state index in [2.05, 4.69) is 0 Å². The quantitative estimate of drug-likeness (QED) is 0.206. The maximum atomic E-state index is 9.67. The Morgan fingerprint density at radius 3 is 1.12 bits per heavy atom. The molecule has 0 spiro atoms. The molecule has 0 heterocycles. The van der Waals surface area contributed by atoms with E-state index in [-0.39, 0.29) is 0 Å². The van der Waals surface area contributed by atoms with Crippen LogP contribution in [0.2, 0.25) is 0 Å². The standard InChI is InChI=1S/C5H8O.2H3O4P/c1-3-5(2)4-6;2*1-5(2,3)4/h3-4H,1-2H3;2*(H3,1,2,3,4). The fourth-order valence-electron chi connectivity index (χ4n) is 0.0680. The van der Waals surface area contributed by atoms with Crippen molar-refractivity contribution in [3.05, 3.63) is 11.6 Å². The van der Waals surface area contributed by atoms with Crippen LogP contribution in [-0.2, 0) is 13.9 Å². The van der Waals surface area contributed by atoms with Crippen molar-refractivity contribution in [1.29, 1.82) is 0 Å². The maximum absolute atomic E-state index is 9.67. The van der Waals surface area contributed by atoms with Gasteiger partial charge in [0.15, 0.2) is 0 Å². The van der Waals surface area contributed by atoms with Crippen LogP contribution in [0.5, 0.6) is 0 Å². The minimum Gasteiger partial charge on any atom is -0.303 e. The molecule has 0 rings (SSSR count). The number of carbonyl (C=O) groups is 1. The van der Waals surface area contributed by atoms with Crippen molar-refractivity contribution >= 4 is 21.9 Å². The van der Waals surface area contributed by atoms with E-state index < -0.39 is 15.6 Å².